The second-order valence-corrected chi connectivity index (χ2v) is 9.00. The summed E-state index contributed by atoms with van der Waals surface area (Å²) in [4.78, 5) is 26.1. The lowest BCUT2D eigenvalue weighted by molar-refractivity contribution is -0.126. The van der Waals surface area contributed by atoms with Gasteiger partial charge in [0, 0.05) is 32.1 Å². The topological polar surface area (TPSA) is 109 Å². The summed E-state index contributed by atoms with van der Waals surface area (Å²) in [5, 5.41) is 2.68. The summed E-state index contributed by atoms with van der Waals surface area (Å²) in [5.41, 5.74) is 0. The SMILES string of the molecule is COC(=O)c1ccc(S(=O)(=O)N2CCC(C(=O)NCCN3CCCC3)CC2)o1. The van der Waals surface area contributed by atoms with E-state index in [9.17, 15) is 18.0 Å². The van der Waals surface area contributed by atoms with E-state index in [1.807, 2.05) is 0 Å². The number of rotatable bonds is 7. The third-order valence-corrected chi connectivity index (χ3v) is 7.09. The summed E-state index contributed by atoms with van der Waals surface area (Å²) in [6.07, 6.45) is 3.36. The third kappa shape index (κ3) is 4.73. The zero-order valence-corrected chi connectivity index (χ0v) is 16.9. The highest BCUT2D eigenvalue weighted by atomic mass is 32.2. The molecule has 10 heteroatoms. The number of nitrogens with zero attached hydrogens (tertiary/aromatic N) is 2. The van der Waals surface area contributed by atoms with E-state index in [4.69, 9.17) is 4.42 Å². The van der Waals surface area contributed by atoms with Crippen LogP contribution in [-0.4, -0.2) is 75.9 Å². The summed E-state index contributed by atoms with van der Waals surface area (Å²) in [6.45, 7) is 4.15. The van der Waals surface area contributed by atoms with Gasteiger partial charge in [-0.05, 0) is 50.9 Å². The minimum Gasteiger partial charge on any atom is -0.463 e. The first-order chi connectivity index (χ1) is 13.4. The Labute approximate surface area is 165 Å². The van der Waals surface area contributed by atoms with E-state index in [1.54, 1.807) is 0 Å². The summed E-state index contributed by atoms with van der Waals surface area (Å²) in [5.74, 6) is -1.09. The molecule has 2 aliphatic heterocycles. The van der Waals surface area contributed by atoms with Gasteiger partial charge in [0.15, 0.2) is 0 Å². The standard InChI is InChI=1S/C18H27N3O6S/c1-26-18(23)15-4-5-16(27-15)28(24,25)21-11-6-14(7-12-21)17(22)19-8-13-20-9-2-3-10-20/h4-5,14H,2-3,6-13H2,1H3,(H,19,22). The number of sulfonamides is 1. The second kappa shape index (κ2) is 9.06. The molecule has 28 heavy (non-hydrogen) atoms. The smallest absolute Gasteiger partial charge is 0.374 e. The van der Waals surface area contributed by atoms with E-state index >= 15 is 0 Å². The number of methoxy groups -OCH3 is 1. The zero-order chi connectivity index (χ0) is 20.1. The van der Waals surface area contributed by atoms with Gasteiger partial charge in [-0.3, -0.25) is 4.79 Å². The Morgan fingerprint density at radius 3 is 2.50 bits per heavy atom. The predicted octanol–water partition coefficient (Wildman–Crippen LogP) is 0.679. The normalized spacial score (nSPS) is 19.6. The van der Waals surface area contributed by atoms with E-state index < -0.39 is 16.0 Å². The van der Waals surface area contributed by atoms with Crippen molar-refractivity contribution in [2.75, 3.05) is 46.4 Å². The van der Waals surface area contributed by atoms with Gasteiger partial charge in [0.05, 0.1) is 7.11 Å². The van der Waals surface area contributed by atoms with Crippen LogP contribution in [0.3, 0.4) is 0 Å². The lowest BCUT2D eigenvalue weighted by atomic mass is 9.97. The highest BCUT2D eigenvalue weighted by Gasteiger charge is 2.34. The molecule has 2 saturated heterocycles. The molecular weight excluding hydrogens is 386 g/mol. The van der Waals surface area contributed by atoms with Crippen molar-refractivity contribution in [2.24, 2.45) is 5.92 Å². The largest absolute Gasteiger partial charge is 0.463 e. The van der Waals surface area contributed by atoms with Gasteiger partial charge in [0.1, 0.15) is 0 Å². The molecule has 0 spiro atoms. The molecule has 0 radical (unpaired) electrons. The molecule has 0 aliphatic carbocycles. The van der Waals surface area contributed by atoms with E-state index in [2.05, 4.69) is 15.0 Å². The van der Waals surface area contributed by atoms with Crippen molar-refractivity contribution in [3.05, 3.63) is 17.9 Å². The van der Waals surface area contributed by atoms with Crippen molar-refractivity contribution < 1.29 is 27.2 Å². The van der Waals surface area contributed by atoms with E-state index in [0.29, 0.717) is 19.4 Å². The number of carbonyl (C=O) groups excluding carboxylic acids is 2. The Balaban J connectivity index is 1.49. The second-order valence-electron chi connectivity index (χ2n) is 7.13. The van der Waals surface area contributed by atoms with Crippen LogP contribution in [0, 0.1) is 5.92 Å². The van der Waals surface area contributed by atoms with E-state index in [1.165, 1.54) is 36.4 Å². The van der Waals surface area contributed by atoms with Gasteiger partial charge in [-0.2, -0.15) is 4.31 Å². The molecule has 9 nitrogen and oxygen atoms in total. The lowest BCUT2D eigenvalue weighted by Crippen LogP contribution is -2.44. The minimum absolute atomic E-state index is 0.0118. The van der Waals surface area contributed by atoms with Gasteiger partial charge in [-0.1, -0.05) is 0 Å². The van der Waals surface area contributed by atoms with Crippen molar-refractivity contribution in [3.63, 3.8) is 0 Å². The highest BCUT2D eigenvalue weighted by Crippen LogP contribution is 2.25. The average Bonchev–Trinajstić information content (AvgIpc) is 3.39. The number of ether oxygens (including phenoxy) is 1. The van der Waals surface area contributed by atoms with Crippen molar-refractivity contribution in [2.45, 2.75) is 30.8 Å². The lowest BCUT2D eigenvalue weighted by Gasteiger charge is -2.30. The summed E-state index contributed by atoms with van der Waals surface area (Å²) >= 11 is 0. The number of carbonyl (C=O) groups is 2. The van der Waals surface area contributed by atoms with Gasteiger partial charge in [0.25, 0.3) is 10.0 Å². The van der Waals surface area contributed by atoms with Crippen LogP contribution in [0.2, 0.25) is 0 Å². The van der Waals surface area contributed by atoms with Crippen molar-refractivity contribution in [1.29, 1.82) is 0 Å². The van der Waals surface area contributed by atoms with Crippen LogP contribution in [0.5, 0.6) is 0 Å². The molecule has 1 aromatic rings. The Kier molecular flexibility index (Phi) is 6.73. The van der Waals surface area contributed by atoms with Crippen molar-refractivity contribution in [1.82, 2.24) is 14.5 Å². The quantitative estimate of drug-likeness (QED) is 0.655. The number of nitrogens with one attached hydrogen (secondary N) is 1. The van der Waals surface area contributed by atoms with Gasteiger partial charge in [-0.15, -0.1) is 0 Å². The Morgan fingerprint density at radius 1 is 1.18 bits per heavy atom. The van der Waals surface area contributed by atoms with Gasteiger partial charge in [-0.25, -0.2) is 13.2 Å². The molecule has 156 valence electrons. The Bertz CT molecular complexity index is 792. The van der Waals surface area contributed by atoms with Crippen molar-refractivity contribution in [3.8, 4) is 0 Å². The fraction of sp³-hybridized carbons (Fsp3) is 0.667. The number of esters is 1. The summed E-state index contributed by atoms with van der Waals surface area (Å²) in [6, 6.07) is 2.53. The molecular formula is C18H27N3O6S. The zero-order valence-electron chi connectivity index (χ0n) is 16.1. The number of amides is 1. The molecule has 1 amide bonds. The maximum atomic E-state index is 12.7. The molecule has 1 N–H and O–H groups in total. The van der Waals surface area contributed by atoms with Crippen LogP contribution < -0.4 is 5.32 Å². The molecule has 0 saturated carbocycles. The fourth-order valence-corrected chi connectivity index (χ4v) is 5.02. The van der Waals surface area contributed by atoms with Crippen molar-refractivity contribution >= 4 is 21.9 Å². The molecule has 0 atom stereocenters. The maximum absolute atomic E-state index is 12.7. The first-order valence-electron chi connectivity index (χ1n) is 9.60. The molecule has 0 unspecified atom stereocenters. The van der Waals surface area contributed by atoms with E-state index in [0.717, 1.165) is 19.6 Å². The number of likely N-dealkylation sites (tertiary alicyclic amines) is 1. The monoisotopic (exact) mass is 413 g/mol. The first kappa shape index (κ1) is 20.8. The third-order valence-electron chi connectivity index (χ3n) is 5.31. The van der Waals surface area contributed by atoms with Crippen LogP contribution in [0.25, 0.3) is 0 Å². The molecule has 3 heterocycles. The molecule has 0 aromatic carbocycles. The molecule has 3 rings (SSSR count). The predicted molar refractivity (Wildman–Crippen MR) is 100 cm³/mol. The molecule has 0 bridgehead atoms. The summed E-state index contributed by atoms with van der Waals surface area (Å²) in [7, 11) is -2.65. The van der Waals surface area contributed by atoms with Crippen LogP contribution in [0.1, 0.15) is 36.2 Å². The molecule has 2 fully saturated rings. The Hall–Kier alpha value is -1.91. The average molecular weight is 413 g/mol. The van der Waals surface area contributed by atoms with E-state index in [-0.39, 0.29) is 35.8 Å². The number of furan rings is 1. The fourth-order valence-electron chi connectivity index (χ4n) is 3.64. The number of piperidine rings is 1. The van der Waals surface area contributed by atoms with Crippen LogP contribution in [0.4, 0.5) is 0 Å². The highest BCUT2D eigenvalue weighted by molar-refractivity contribution is 7.89. The maximum Gasteiger partial charge on any atom is 0.374 e. The van der Waals surface area contributed by atoms with Gasteiger partial charge < -0.3 is 19.4 Å². The van der Waals surface area contributed by atoms with Gasteiger partial charge in [0.2, 0.25) is 16.8 Å². The van der Waals surface area contributed by atoms with Gasteiger partial charge >= 0.3 is 5.97 Å². The first-order valence-corrected chi connectivity index (χ1v) is 11.0. The summed E-state index contributed by atoms with van der Waals surface area (Å²) < 4.78 is 36.3. The number of hydrogen-bond donors (Lipinski definition) is 1. The minimum atomic E-state index is -3.84. The molecule has 2 aliphatic rings. The van der Waals surface area contributed by atoms with Crippen LogP contribution in [-0.2, 0) is 19.6 Å². The van der Waals surface area contributed by atoms with Crippen LogP contribution in [0.15, 0.2) is 21.6 Å². The number of hydrogen-bond acceptors (Lipinski definition) is 7. The van der Waals surface area contributed by atoms with Crippen LogP contribution >= 0.6 is 0 Å². The Morgan fingerprint density at radius 2 is 1.86 bits per heavy atom. The molecule has 1 aromatic heterocycles.